The number of anilines is 1. The number of hydrogen-bond acceptors (Lipinski definition) is 3. The van der Waals surface area contributed by atoms with E-state index in [0.717, 1.165) is 36.3 Å². The summed E-state index contributed by atoms with van der Waals surface area (Å²) in [6.07, 6.45) is 2.59. The normalized spacial score (nSPS) is 17.7. The van der Waals surface area contributed by atoms with Gasteiger partial charge in [-0.05, 0) is 45.2 Å². The lowest BCUT2D eigenvalue weighted by Crippen LogP contribution is -2.56. The van der Waals surface area contributed by atoms with Gasteiger partial charge in [-0.2, -0.15) is 0 Å². The Morgan fingerprint density at radius 2 is 2.12 bits per heavy atom. The molecule has 0 unspecified atom stereocenters. The van der Waals surface area contributed by atoms with Gasteiger partial charge in [0.15, 0.2) is 0 Å². The summed E-state index contributed by atoms with van der Waals surface area (Å²) in [6, 6.07) is 3.75. The third kappa shape index (κ3) is 1.93. The number of carbonyl (C=O) groups excluding carboxylic acids is 1. The molecule has 1 aliphatic rings. The number of nitrogens with zero attached hydrogens (tertiary/aromatic N) is 1. The first-order valence-corrected chi connectivity index (χ1v) is 5.56. The van der Waals surface area contributed by atoms with Crippen LogP contribution in [0.2, 0.25) is 0 Å². The van der Waals surface area contributed by atoms with Gasteiger partial charge in [-0.1, -0.05) is 0 Å². The molecule has 0 atom stereocenters. The average molecular weight is 219 g/mol. The summed E-state index contributed by atoms with van der Waals surface area (Å²) in [5, 5.41) is 2.85. The molecule has 4 nitrogen and oxygen atoms in total. The fourth-order valence-corrected chi connectivity index (χ4v) is 1.85. The van der Waals surface area contributed by atoms with Gasteiger partial charge < -0.3 is 11.1 Å². The minimum Gasteiger partial charge on any atom is -0.323 e. The molecular formula is C12H17N3O. The Kier molecular flexibility index (Phi) is 2.68. The summed E-state index contributed by atoms with van der Waals surface area (Å²) in [4.78, 5) is 16.2. The minimum absolute atomic E-state index is 0.0903. The zero-order chi connectivity index (χ0) is 11.8. The molecule has 1 heterocycles. The van der Waals surface area contributed by atoms with Crippen molar-refractivity contribution in [1.82, 2.24) is 4.98 Å². The van der Waals surface area contributed by atoms with E-state index in [0.29, 0.717) is 0 Å². The van der Waals surface area contributed by atoms with Crippen molar-refractivity contribution in [1.29, 1.82) is 0 Å². The first-order chi connectivity index (χ1) is 7.51. The SMILES string of the molecule is Cc1ccc(NC(=O)C2(N)CCC2)c(C)n1. The van der Waals surface area contributed by atoms with Crippen LogP contribution in [0.1, 0.15) is 30.7 Å². The Morgan fingerprint density at radius 3 is 2.62 bits per heavy atom. The maximum Gasteiger partial charge on any atom is 0.244 e. The standard InChI is InChI=1S/C12H17N3O/c1-8-4-5-10(9(2)14-8)15-11(16)12(13)6-3-7-12/h4-5H,3,6-7,13H2,1-2H3,(H,15,16). The number of amides is 1. The molecule has 2 rings (SSSR count). The second-order valence-electron chi connectivity index (χ2n) is 4.55. The molecule has 1 fully saturated rings. The number of rotatable bonds is 2. The van der Waals surface area contributed by atoms with Gasteiger partial charge in [-0.3, -0.25) is 9.78 Å². The highest BCUT2D eigenvalue weighted by atomic mass is 16.2. The van der Waals surface area contributed by atoms with Gasteiger partial charge in [0.25, 0.3) is 0 Å². The predicted molar refractivity (Wildman–Crippen MR) is 63.1 cm³/mol. The number of hydrogen-bond donors (Lipinski definition) is 2. The van der Waals surface area contributed by atoms with E-state index in [-0.39, 0.29) is 5.91 Å². The van der Waals surface area contributed by atoms with Gasteiger partial charge in [-0.15, -0.1) is 0 Å². The molecule has 1 aromatic rings. The number of nitrogens with two attached hydrogens (primary N) is 1. The Bertz CT molecular complexity index is 424. The van der Waals surface area contributed by atoms with Crippen molar-refractivity contribution in [3.8, 4) is 0 Å². The highest BCUT2D eigenvalue weighted by Gasteiger charge is 2.40. The molecule has 1 amide bonds. The van der Waals surface area contributed by atoms with Gasteiger partial charge in [0.2, 0.25) is 5.91 Å². The molecule has 0 aliphatic heterocycles. The summed E-state index contributed by atoms with van der Waals surface area (Å²) in [5.41, 5.74) is 7.82. The number of nitrogens with one attached hydrogen (secondary N) is 1. The summed E-state index contributed by atoms with van der Waals surface area (Å²) >= 11 is 0. The van der Waals surface area contributed by atoms with Crippen LogP contribution in [0.5, 0.6) is 0 Å². The smallest absolute Gasteiger partial charge is 0.244 e. The lowest BCUT2D eigenvalue weighted by molar-refractivity contribution is -0.123. The molecule has 1 aromatic heterocycles. The van der Waals surface area contributed by atoms with Gasteiger partial charge in [0.1, 0.15) is 0 Å². The topological polar surface area (TPSA) is 68.0 Å². The van der Waals surface area contributed by atoms with Gasteiger partial charge >= 0.3 is 0 Å². The van der Waals surface area contributed by atoms with E-state index >= 15 is 0 Å². The fraction of sp³-hybridized carbons (Fsp3) is 0.500. The van der Waals surface area contributed by atoms with Crippen LogP contribution in [-0.4, -0.2) is 16.4 Å². The van der Waals surface area contributed by atoms with Gasteiger partial charge in [-0.25, -0.2) is 0 Å². The monoisotopic (exact) mass is 219 g/mol. The summed E-state index contributed by atoms with van der Waals surface area (Å²) in [5.74, 6) is -0.0903. The number of aromatic nitrogens is 1. The maximum atomic E-state index is 11.9. The largest absolute Gasteiger partial charge is 0.323 e. The summed E-state index contributed by atoms with van der Waals surface area (Å²) < 4.78 is 0. The maximum absolute atomic E-state index is 11.9. The van der Waals surface area contributed by atoms with E-state index in [1.165, 1.54) is 0 Å². The molecule has 0 spiro atoms. The third-order valence-corrected chi connectivity index (χ3v) is 3.17. The van der Waals surface area contributed by atoms with Crippen LogP contribution in [0.25, 0.3) is 0 Å². The molecular weight excluding hydrogens is 202 g/mol. The highest BCUT2D eigenvalue weighted by molar-refractivity contribution is 5.98. The highest BCUT2D eigenvalue weighted by Crippen LogP contribution is 2.30. The van der Waals surface area contributed by atoms with E-state index in [2.05, 4.69) is 10.3 Å². The second kappa shape index (κ2) is 3.87. The van der Waals surface area contributed by atoms with Crippen molar-refractivity contribution < 1.29 is 4.79 Å². The van der Waals surface area contributed by atoms with Crippen molar-refractivity contribution in [3.63, 3.8) is 0 Å². The quantitative estimate of drug-likeness (QED) is 0.792. The van der Waals surface area contributed by atoms with Crippen molar-refractivity contribution >= 4 is 11.6 Å². The molecule has 0 radical (unpaired) electrons. The second-order valence-corrected chi connectivity index (χ2v) is 4.55. The first-order valence-electron chi connectivity index (χ1n) is 5.56. The van der Waals surface area contributed by atoms with Crippen LogP contribution in [0.4, 0.5) is 5.69 Å². The molecule has 1 saturated carbocycles. The van der Waals surface area contributed by atoms with Crippen molar-refractivity contribution in [3.05, 3.63) is 23.5 Å². The Labute approximate surface area is 95.3 Å². The Hall–Kier alpha value is -1.42. The van der Waals surface area contributed by atoms with E-state index < -0.39 is 5.54 Å². The van der Waals surface area contributed by atoms with E-state index in [4.69, 9.17) is 5.73 Å². The van der Waals surface area contributed by atoms with Crippen LogP contribution < -0.4 is 11.1 Å². The van der Waals surface area contributed by atoms with Crippen molar-refractivity contribution in [2.75, 3.05) is 5.32 Å². The number of carbonyl (C=O) groups is 1. The van der Waals surface area contributed by atoms with Crippen LogP contribution in [-0.2, 0) is 4.79 Å². The third-order valence-electron chi connectivity index (χ3n) is 3.17. The Balaban J connectivity index is 2.12. The molecule has 4 heteroatoms. The molecule has 0 saturated heterocycles. The predicted octanol–water partition coefficient (Wildman–Crippen LogP) is 1.52. The lowest BCUT2D eigenvalue weighted by atomic mass is 9.77. The van der Waals surface area contributed by atoms with Crippen LogP contribution in [0.15, 0.2) is 12.1 Å². The molecule has 86 valence electrons. The zero-order valence-corrected chi connectivity index (χ0v) is 9.71. The summed E-state index contributed by atoms with van der Waals surface area (Å²) in [6.45, 7) is 3.81. The molecule has 0 aromatic carbocycles. The van der Waals surface area contributed by atoms with E-state index in [9.17, 15) is 4.79 Å². The van der Waals surface area contributed by atoms with Crippen molar-refractivity contribution in [2.45, 2.75) is 38.6 Å². The minimum atomic E-state index is -0.655. The van der Waals surface area contributed by atoms with E-state index in [1.54, 1.807) is 0 Å². The zero-order valence-electron chi connectivity index (χ0n) is 9.71. The molecule has 1 aliphatic carbocycles. The first kappa shape index (κ1) is 11.1. The molecule has 16 heavy (non-hydrogen) atoms. The Morgan fingerprint density at radius 1 is 1.44 bits per heavy atom. The van der Waals surface area contributed by atoms with Gasteiger partial charge in [0, 0.05) is 5.69 Å². The van der Waals surface area contributed by atoms with Crippen LogP contribution in [0.3, 0.4) is 0 Å². The lowest BCUT2D eigenvalue weighted by Gasteiger charge is -2.36. The number of aryl methyl sites for hydroxylation is 2. The average Bonchev–Trinajstić information content (AvgIpc) is 2.18. The molecule has 0 bridgehead atoms. The van der Waals surface area contributed by atoms with E-state index in [1.807, 2.05) is 26.0 Å². The van der Waals surface area contributed by atoms with Crippen LogP contribution >= 0.6 is 0 Å². The number of pyridine rings is 1. The van der Waals surface area contributed by atoms with Crippen LogP contribution in [0, 0.1) is 13.8 Å². The van der Waals surface area contributed by atoms with Gasteiger partial charge in [0.05, 0.1) is 16.9 Å². The fourth-order valence-electron chi connectivity index (χ4n) is 1.85. The molecule has 3 N–H and O–H groups in total. The summed E-state index contributed by atoms with van der Waals surface area (Å²) in [7, 11) is 0. The van der Waals surface area contributed by atoms with Crippen molar-refractivity contribution in [2.24, 2.45) is 5.73 Å².